The zero-order valence-electron chi connectivity index (χ0n) is 9.15. The Morgan fingerprint density at radius 3 is 2.67 bits per heavy atom. The summed E-state index contributed by atoms with van der Waals surface area (Å²) in [6.07, 6.45) is -3.93. The topological polar surface area (TPSA) is 53.7 Å². The van der Waals surface area contributed by atoms with Crippen molar-refractivity contribution in [2.45, 2.75) is 6.43 Å². The van der Waals surface area contributed by atoms with Crippen molar-refractivity contribution in [1.82, 2.24) is 0 Å². The molecule has 0 fully saturated rings. The summed E-state index contributed by atoms with van der Waals surface area (Å²) in [5.41, 5.74) is -0.277. The van der Waals surface area contributed by atoms with Gasteiger partial charge in [-0.1, -0.05) is 15.9 Å². The van der Waals surface area contributed by atoms with E-state index in [0.29, 0.717) is 9.86 Å². The molecule has 1 aromatic heterocycles. The van der Waals surface area contributed by atoms with E-state index in [1.165, 1.54) is 19.2 Å². The Hall–Kier alpha value is -1.63. The Balaban J connectivity index is 2.63. The predicted molar refractivity (Wildman–Crippen MR) is 65.3 cm³/mol. The molecule has 1 amide bonds. The minimum Gasteiger partial charge on any atom is -0.465 e. The molecule has 4 nitrogen and oxygen atoms in total. The monoisotopic (exact) mass is 319 g/mol. The maximum Gasteiger partial charge on any atom is 0.413 e. The summed E-state index contributed by atoms with van der Waals surface area (Å²) in [5.74, 6) is -0.00231. The molecule has 0 radical (unpaired) electrons. The van der Waals surface area contributed by atoms with Crippen LogP contribution in [0.2, 0.25) is 0 Å². The Kier molecular flexibility index (Phi) is 3.25. The average Bonchev–Trinajstić information content (AvgIpc) is 2.69. The smallest absolute Gasteiger partial charge is 0.413 e. The summed E-state index contributed by atoms with van der Waals surface area (Å²) >= 11 is 3.12. The zero-order valence-corrected chi connectivity index (χ0v) is 10.7. The van der Waals surface area contributed by atoms with Gasteiger partial charge >= 0.3 is 6.09 Å². The van der Waals surface area contributed by atoms with Crippen molar-refractivity contribution < 1.29 is 23.1 Å². The second kappa shape index (κ2) is 4.56. The van der Waals surface area contributed by atoms with Gasteiger partial charge in [0.15, 0.2) is 0 Å². The van der Waals surface area contributed by atoms with Crippen molar-refractivity contribution >= 4 is 38.9 Å². The summed E-state index contributed by atoms with van der Waals surface area (Å²) in [7, 11) is 1.27. The van der Waals surface area contributed by atoms with E-state index in [1.807, 2.05) is 0 Å². The maximum absolute atomic E-state index is 12.8. The number of alkyl halides is 2. The van der Waals surface area contributed by atoms with Gasteiger partial charge in [-0.05, 0) is 12.1 Å². The fraction of sp³-hybridized carbons (Fsp3) is 0.182. The number of furan rings is 1. The van der Waals surface area contributed by atoms with Crippen LogP contribution in [0, 0.1) is 0 Å². The van der Waals surface area contributed by atoms with Gasteiger partial charge in [0, 0.05) is 23.0 Å². The first-order chi connectivity index (χ1) is 8.40. The standard InChI is InChI=1S/C11H8BrF2NO3/c1-15(11(16)17)8-3-5-2-6(12)4-7(10(13)14)9(5)18-8/h2-4,10H,1H3,(H,16,17). The van der Waals surface area contributed by atoms with Gasteiger partial charge in [-0.3, -0.25) is 4.90 Å². The lowest BCUT2D eigenvalue weighted by Gasteiger charge is -2.07. The molecular formula is C11H8BrF2NO3. The van der Waals surface area contributed by atoms with E-state index in [-0.39, 0.29) is 17.0 Å². The van der Waals surface area contributed by atoms with Crippen molar-refractivity contribution in [3.63, 3.8) is 0 Å². The van der Waals surface area contributed by atoms with Gasteiger partial charge in [-0.25, -0.2) is 13.6 Å². The molecule has 0 bridgehead atoms. The summed E-state index contributed by atoms with van der Waals surface area (Å²) in [6.45, 7) is 0. The minimum atomic E-state index is -2.70. The molecular weight excluding hydrogens is 312 g/mol. The number of fused-ring (bicyclic) bond motifs is 1. The number of amides is 1. The Bertz CT molecular complexity index is 612. The highest BCUT2D eigenvalue weighted by molar-refractivity contribution is 9.10. The van der Waals surface area contributed by atoms with E-state index in [1.54, 1.807) is 6.07 Å². The predicted octanol–water partition coefficient (Wildman–Crippen LogP) is 4.25. The molecule has 2 rings (SSSR count). The Morgan fingerprint density at radius 1 is 1.44 bits per heavy atom. The van der Waals surface area contributed by atoms with E-state index in [0.717, 1.165) is 4.90 Å². The number of rotatable bonds is 2. The van der Waals surface area contributed by atoms with Crippen molar-refractivity contribution in [3.05, 3.63) is 28.2 Å². The molecule has 1 heterocycles. The molecule has 1 N–H and O–H groups in total. The first kappa shape index (κ1) is 12.8. The highest BCUT2D eigenvalue weighted by Crippen LogP contribution is 2.35. The van der Waals surface area contributed by atoms with Gasteiger partial charge in [0.05, 0.1) is 5.56 Å². The molecule has 1 aromatic carbocycles. The van der Waals surface area contributed by atoms with E-state index in [4.69, 9.17) is 9.52 Å². The van der Waals surface area contributed by atoms with E-state index in [9.17, 15) is 13.6 Å². The molecule has 0 spiro atoms. The fourth-order valence-corrected chi connectivity index (χ4v) is 2.04. The first-order valence-corrected chi connectivity index (χ1v) is 5.67. The van der Waals surface area contributed by atoms with Crippen LogP contribution < -0.4 is 4.90 Å². The highest BCUT2D eigenvalue weighted by atomic mass is 79.9. The van der Waals surface area contributed by atoms with Gasteiger partial charge < -0.3 is 9.52 Å². The molecule has 18 heavy (non-hydrogen) atoms. The summed E-state index contributed by atoms with van der Waals surface area (Å²) in [5, 5.41) is 9.22. The van der Waals surface area contributed by atoms with Crippen LogP contribution in [-0.2, 0) is 0 Å². The van der Waals surface area contributed by atoms with E-state index in [2.05, 4.69) is 15.9 Å². The van der Waals surface area contributed by atoms with Gasteiger partial charge in [-0.2, -0.15) is 0 Å². The van der Waals surface area contributed by atoms with E-state index >= 15 is 0 Å². The maximum atomic E-state index is 12.8. The third kappa shape index (κ3) is 2.17. The minimum absolute atomic E-state index is 0.00231. The molecule has 0 aliphatic rings. The molecule has 2 aromatic rings. The van der Waals surface area contributed by atoms with Crippen molar-refractivity contribution in [3.8, 4) is 0 Å². The second-order valence-electron chi connectivity index (χ2n) is 3.64. The van der Waals surface area contributed by atoms with Gasteiger partial charge in [-0.15, -0.1) is 0 Å². The lowest BCUT2D eigenvalue weighted by Crippen LogP contribution is -2.22. The summed E-state index contributed by atoms with van der Waals surface area (Å²) in [6, 6.07) is 4.24. The van der Waals surface area contributed by atoms with Crippen LogP contribution in [0.1, 0.15) is 12.0 Å². The lowest BCUT2D eigenvalue weighted by molar-refractivity contribution is 0.152. The number of carboxylic acid groups (broad SMARTS) is 1. The SMILES string of the molecule is CN(C(=O)O)c1cc2cc(Br)cc(C(F)F)c2o1. The largest absolute Gasteiger partial charge is 0.465 e. The van der Waals surface area contributed by atoms with E-state index < -0.39 is 12.5 Å². The number of benzene rings is 1. The number of carbonyl (C=O) groups is 1. The molecule has 0 unspecified atom stereocenters. The third-order valence-electron chi connectivity index (χ3n) is 2.45. The highest BCUT2D eigenvalue weighted by Gasteiger charge is 2.20. The number of hydrogen-bond donors (Lipinski definition) is 1. The second-order valence-corrected chi connectivity index (χ2v) is 4.56. The number of anilines is 1. The fourth-order valence-electron chi connectivity index (χ4n) is 1.55. The van der Waals surface area contributed by atoms with Crippen LogP contribution in [-0.4, -0.2) is 18.2 Å². The molecule has 0 atom stereocenters. The van der Waals surface area contributed by atoms with Crippen molar-refractivity contribution in [2.75, 3.05) is 11.9 Å². The number of nitrogens with zero attached hydrogens (tertiary/aromatic N) is 1. The molecule has 0 aliphatic heterocycles. The van der Waals surface area contributed by atoms with Crippen LogP contribution >= 0.6 is 15.9 Å². The molecule has 0 saturated heterocycles. The van der Waals surface area contributed by atoms with Crippen LogP contribution in [0.4, 0.5) is 19.5 Å². The Morgan fingerprint density at radius 2 is 2.11 bits per heavy atom. The van der Waals surface area contributed by atoms with Crippen LogP contribution in [0.3, 0.4) is 0 Å². The van der Waals surface area contributed by atoms with Crippen molar-refractivity contribution in [1.29, 1.82) is 0 Å². The lowest BCUT2D eigenvalue weighted by atomic mass is 10.1. The third-order valence-corrected chi connectivity index (χ3v) is 2.91. The average molecular weight is 320 g/mol. The molecule has 96 valence electrons. The molecule has 7 heteroatoms. The number of halogens is 3. The summed E-state index contributed by atoms with van der Waals surface area (Å²) < 4.78 is 31.3. The first-order valence-electron chi connectivity index (χ1n) is 4.88. The van der Waals surface area contributed by atoms with Crippen LogP contribution in [0.25, 0.3) is 11.0 Å². The van der Waals surface area contributed by atoms with Gasteiger partial charge in [0.1, 0.15) is 5.58 Å². The summed E-state index contributed by atoms with van der Waals surface area (Å²) in [4.78, 5) is 11.6. The molecule has 0 aliphatic carbocycles. The number of hydrogen-bond acceptors (Lipinski definition) is 2. The van der Waals surface area contributed by atoms with Crippen LogP contribution in [0.15, 0.2) is 27.1 Å². The van der Waals surface area contributed by atoms with Gasteiger partial charge in [0.2, 0.25) is 5.88 Å². The van der Waals surface area contributed by atoms with Crippen molar-refractivity contribution in [2.24, 2.45) is 0 Å². The quantitative estimate of drug-likeness (QED) is 0.900. The van der Waals surface area contributed by atoms with Crippen LogP contribution in [0.5, 0.6) is 0 Å². The Labute approximate surface area is 109 Å². The zero-order chi connectivity index (χ0) is 13.4. The molecule has 0 saturated carbocycles. The van der Waals surface area contributed by atoms with Gasteiger partial charge in [0.25, 0.3) is 6.43 Å². The normalized spacial score (nSPS) is 11.2.